The molecule has 0 fully saturated rings. The van der Waals surface area contributed by atoms with Gasteiger partial charge in [-0.15, -0.1) is 0 Å². The van der Waals surface area contributed by atoms with Crippen molar-refractivity contribution in [2.24, 2.45) is 0 Å². The molecule has 0 saturated heterocycles. The Morgan fingerprint density at radius 1 is 0.857 bits per heavy atom. The maximum absolute atomic E-state index is 12.4. The summed E-state index contributed by atoms with van der Waals surface area (Å²) in [6.07, 6.45) is 0. The summed E-state index contributed by atoms with van der Waals surface area (Å²) in [7, 11) is 1.86. The van der Waals surface area contributed by atoms with Crippen LogP contribution in [0.15, 0.2) is 41.3 Å². The Bertz CT molecular complexity index is 945. The molecule has 0 radical (unpaired) electrons. The number of ether oxygens (including phenoxy) is 4. The summed E-state index contributed by atoms with van der Waals surface area (Å²) in [6, 6.07) is 9.00. The van der Waals surface area contributed by atoms with E-state index in [0.29, 0.717) is 22.9 Å². The molecular weight excluding hydrogens is 388 g/mol. The summed E-state index contributed by atoms with van der Waals surface area (Å²) in [5.41, 5.74) is 0.358. The fourth-order valence-electron chi connectivity index (χ4n) is 2.33. The average molecular weight is 410 g/mol. The zero-order chi connectivity index (χ0) is 20.7. The van der Waals surface area contributed by atoms with E-state index in [2.05, 4.69) is 10.0 Å². The third-order valence-corrected chi connectivity index (χ3v) is 5.17. The molecule has 0 saturated carbocycles. The van der Waals surface area contributed by atoms with E-state index >= 15 is 0 Å². The molecule has 2 aromatic carbocycles. The van der Waals surface area contributed by atoms with Gasteiger partial charge < -0.3 is 24.3 Å². The first-order valence-electron chi connectivity index (χ1n) is 8.08. The second-order valence-corrected chi connectivity index (χ2v) is 7.22. The predicted octanol–water partition coefficient (Wildman–Crippen LogP) is 1.64. The van der Waals surface area contributed by atoms with Crippen molar-refractivity contribution in [3.05, 3.63) is 36.4 Å². The lowest BCUT2D eigenvalue weighted by Crippen LogP contribution is -2.33. The zero-order valence-corrected chi connectivity index (χ0v) is 16.8. The standard InChI is InChI=1S/C18H22N2O7S/c1-24-12-5-7-15(25-2)14(9-12)20-18(21)11-19-28(22,23)13-6-8-16(26-3)17(10-13)27-4/h5-10,19H,11H2,1-4H3,(H,20,21). The Morgan fingerprint density at radius 3 is 2.11 bits per heavy atom. The molecule has 0 heterocycles. The zero-order valence-electron chi connectivity index (χ0n) is 15.9. The van der Waals surface area contributed by atoms with Gasteiger partial charge in [0.25, 0.3) is 0 Å². The number of carbonyl (C=O) groups excluding carboxylic acids is 1. The van der Waals surface area contributed by atoms with Crippen LogP contribution in [0.4, 0.5) is 5.69 Å². The van der Waals surface area contributed by atoms with Crippen molar-refractivity contribution >= 4 is 21.6 Å². The van der Waals surface area contributed by atoms with Crippen LogP contribution in [0.25, 0.3) is 0 Å². The Labute approximate surface area is 163 Å². The number of hydrogen-bond acceptors (Lipinski definition) is 7. The van der Waals surface area contributed by atoms with Gasteiger partial charge in [0, 0.05) is 12.1 Å². The van der Waals surface area contributed by atoms with Gasteiger partial charge in [-0.2, -0.15) is 0 Å². The second-order valence-electron chi connectivity index (χ2n) is 5.46. The van der Waals surface area contributed by atoms with Crippen molar-refractivity contribution in [1.29, 1.82) is 0 Å². The highest BCUT2D eigenvalue weighted by Crippen LogP contribution is 2.30. The van der Waals surface area contributed by atoms with Crippen LogP contribution in [0.2, 0.25) is 0 Å². The van der Waals surface area contributed by atoms with Crippen LogP contribution in [0.5, 0.6) is 23.0 Å². The molecule has 2 aromatic rings. The van der Waals surface area contributed by atoms with E-state index in [1.54, 1.807) is 18.2 Å². The fraction of sp³-hybridized carbons (Fsp3) is 0.278. The van der Waals surface area contributed by atoms with Crippen molar-refractivity contribution in [3.63, 3.8) is 0 Å². The lowest BCUT2D eigenvalue weighted by molar-refractivity contribution is -0.115. The van der Waals surface area contributed by atoms with E-state index in [9.17, 15) is 13.2 Å². The van der Waals surface area contributed by atoms with Crippen molar-refractivity contribution in [1.82, 2.24) is 4.72 Å². The number of benzene rings is 2. The number of sulfonamides is 1. The number of nitrogens with one attached hydrogen (secondary N) is 2. The van der Waals surface area contributed by atoms with Gasteiger partial charge in [-0.25, -0.2) is 13.1 Å². The molecular formula is C18H22N2O7S. The van der Waals surface area contributed by atoms with E-state index in [1.807, 2.05) is 0 Å². The van der Waals surface area contributed by atoms with Crippen LogP contribution in [-0.4, -0.2) is 49.3 Å². The molecule has 0 unspecified atom stereocenters. The molecule has 0 aliphatic heterocycles. The topological polar surface area (TPSA) is 112 Å². The summed E-state index contributed by atoms with van der Waals surface area (Å²) >= 11 is 0. The highest BCUT2D eigenvalue weighted by atomic mass is 32.2. The number of carbonyl (C=O) groups is 1. The number of rotatable bonds is 9. The van der Waals surface area contributed by atoms with Gasteiger partial charge in [-0.3, -0.25) is 4.79 Å². The minimum absolute atomic E-state index is 0.0584. The molecule has 10 heteroatoms. The number of methoxy groups -OCH3 is 4. The van der Waals surface area contributed by atoms with Gasteiger partial charge in [0.2, 0.25) is 15.9 Å². The fourth-order valence-corrected chi connectivity index (χ4v) is 3.33. The molecule has 0 atom stereocenters. The third-order valence-electron chi connectivity index (χ3n) is 3.77. The van der Waals surface area contributed by atoms with E-state index in [1.165, 1.54) is 46.6 Å². The van der Waals surface area contributed by atoms with Gasteiger partial charge >= 0.3 is 0 Å². The van der Waals surface area contributed by atoms with Crippen LogP contribution in [-0.2, 0) is 14.8 Å². The Hall–Kier alpha value is -2.98. The van der Waals surface area contributed by atoms with Gasteiger partial charge in [0.15, 0.2) is 11.5 Å². The summed E-state index contributed by atoms with van der Waals surface area (Å²) in [6.45, 7) is -0.475. The first-order chi connectivity index (χ1) is 13.3. The van der Waals surface area contributed by atoms with Crippen LogP contribution in [0.1, 0.15) is 0 Å². The highest BCUT2D eigenvalue weighted by Gasteiger charge is 2.19. The first-order valence-corrected chi connectivity index (χ1v) is 9.56. The predicted molar refractivity (Wildman–Crippen MR) is 103 cm³/mol. The Kier molecular flexibility index (Phi) is 7.07. The molecule has 0 spiro atoms. The Morgan fingerprint density at radius 2 is 1.50 bits per heavy atom. The van der Waals surface area contributed by atoms with E-state index in [4.69, 9.17) is 18.9 Å². The van der Waals surface area contributed by atoms with Gasteiger partial charge in [0.05, 0.1) is 45.6 Å². The minimum atomic E-state index is -3.94. The third kappa shape index (κ3) is 5.05. The van der Waals surface area contributed by atoms with Crippen LogP contribution in [0.3, 0.4) is 0 Å². The second kappa shape index (κ2) is 9.29. The summed E-state index contributed by atoms with van der Waals surface area (Å²) in [5.74, 6) is 1.01. The molecule has 2 rings (SSSR count). The van der Waals surface area contributed by atoms with Crippen LogP contribution >= 0.6 is 0 Å². The molecule has 0 aliphatic carbocycles. The smallest absolute Gasteiger partial charge is 0.241 e. The minimum Gasteiger partial charge on any atom is -0.497 e. The molecule has 1 amide bonds. The largest absolute Gasteiger partial charge is 0.497 e. The molecule has 0 bridgehead atoms. The number of hydrogen-bond donors (Lipinski definition) is 2. The SMILES string of the molecule is COc1ccc(OC)c(NC(=O)CNS(=O)(=O)c2ccc(OC)c(OC)c2)c1. The normalized spacial score (nSPS) is 10.9. The first kappa shape index (κ1) is 21.3. The van der Waals surface area contributed by atoms with E-state index in [-0.39, 0.29) is 10.6 Å². The van der Waals surface area contributed by atoms with Crippen molar-refractivity contribution < 1.29 is 32.2 Å². The monoisotopic (exact) mass is 410 g/mol. The quantitative estimate of drug-likeness (QED) is 0.646. The lowest BCUT2D eigenvalue weighted by atomic mass is 10.2. The van der Waals surface area contributed by atoms with Crippen LogP contribution in [0, 0.1) is 0 Å². The van der Waals surface area contributed by atoms with Crippen molar-refractivity contribution in [3.8, 4) is 23.0 Å². The Balaban J connectivity index is 2.10. The van der Waals surface area contributed by atoms with Crippen LogP contribution < -0.4 is 29.0 Å². The molecule has 28 heavy (non-hydrogen) atoms. The maximum atomic E-state index is 12.4. The number of anilines is 1. The number of amides is 1. The van der Waals surface area contributed by atoms with Crippen molar-refractivity contribution in [2.75, 3.05) is 40.3 Å². The summed E-state index contributed by atoms with van der Waals surface area (Å²) in [4.78, 5) is 12.1. The molecule has 0 aliphatic rings. The molecule has 9 nitrogen and oxygen atoms in total. The molecule has 0 aromatic heterocycles. The molecule has 152 valence electrons. The van der Waals surface area contributed by atoms with E-state index < -0.39 is 22.5 Å². The molecule has 2 N–H and O–H groups in total. The summed E-state index contributed by atoms with van der Waals surface area (Å²) in [5, 5.41) is 2.59. The van der Waals surface area contributed by atoms with Gasteiger partial charge in [0.1, 0.15) is 11.5 Å². The van der Waals surface area contributed by atoms with Gasteiger partial charge in [-0.05, 0) is 24.3 Å². The average Bonchev–Trinajstić information content (AvgIpc) is 2.71. The van der Waals surface area contributed by atoms with Crippen molar-refractivity contribution in [2.45, 2.75) is 4.90 Å². The summed E-state index contributed by atoms with van der Waals surface area (Å²) < 4.78 is 47.6. The van der Waals surface area contributed by atoms with E-state index in [0.717, 1.165) is 0 Å². The van der Waals surface area contributed by atoms with Gasteiger partial charge in [-0.1, -0.05) is 0 Å². The maximum Gasteiger partial charge on any atom is 0.241 e. The lowest BCUT2D eigenvalue weighted by Gasteiger charge is -2.13. The highest BCUT2D eigenvalue weighted by molar-refractivity contribution is 7.89.